The Bertz CT molecular complexity index is 395. The van der Waals surface area contributed by atoms with Gasteiger partial charge >= 0.3 is 0 Å². The SMILES string of the molecule is CSc1ccc([C@@H](O)CNC(=O)C(C)(C)C)cc1. The highest BCUT2D eigenvalue weighted by atomic mass is 32.2. The van der Waals surface area contributed by atoms with E-state index < -0.39 is 11.5 Å². The van der Waals surface area contributed by atoms with Gasteiger partial charge in [-0.1, -0.05) is 32.9 Å². The molecule has 0 aliphatic carbocycles. The molecule has 1 amide bonds. The number of thioether (sulfide) groups is 1. The van der Waals surface area contributed by atoms with Crippen molar-refractivity contribution in [3.05, 3.63) is 29.8 Å². The average Bonchev–Trinajstić information content (AvgIpc) is 2.34. The molecule has 18 heavy (non-hydrogen) atoms. The summed E-state index contributed by atoms with van der Waals surface area (Å²) in [5.74, 6) is -0.0534. The Morgan fingerprint density at radius 2 is 1.89 bits per heavy atom. The molecule has 1 atom stereocenters. The molecule has 0 aromatic heterocycles. The lowest BCUT2D eigenvalue weighted by Crippen LogP contribution is -2.37. The number of aliphatic hydroxyl groups excluding tert-OH is 1. The van der Waals surface area contributed by atoms with Crippen LogP contribution in [0.2, 0.25) is 0 Å². The molecular weight excluding hydrogens is 246 g/mol. The van der Waals surface area contributed by atoms with Crippen LogP contribution < -0.4 is 5.32 Å². The molecule has 0 saturated heterocycles. The molecule has 0 aliphatic rings. The van der Waals surface area contributed by atoms with E-state index in [4.69, 9.17) is 0 Å². The zero-order valence-electron chi connectivity index (χ0n) is 11.4. The lowest BCUT2D eigenvalue weighted by molar-refractivity contribution is -0.128. The Morgan fingerprint density at radius 1 is 1.33 bits per heavy atom. The molecule has 100 valence electrons. The lowest BCUT2D eigenvalue weighted by Gasteiger charge is -2.19. The number of nitrogens with one attached hydrogen (secondary N) is 1. The fraction of sp³-hybridized carbons (Fsp3) is 0.500. The van der Waals surface area contributed by atoms with Crippen molar-refractivity contribution in [3.63, 3.8) is 0 Å². The number of amides is 1. The lowest BCUT2D eigenvalue weighted by atomic mass is 9.95. The number of carbonyl (C=O) groups is 1. The van der Waals surface area contributed by atoms with Gasteiger partial charge in [-0.25, -0.2) is 0 Å². The van der Waals surface area contributed by atoms with Crippen molar-refractivity contribution in [2.45, 2.75) is 31.8 Å². The largest absolute Gasteiger partial charge is 0.387 e. The summed E-state index contributed by atoms with van der Waals surface area (Å²) >= 11 is 1.66. The average molecular weight is 267 g/mol. The van der Waals surface area contributed by atoms with Gasteiger partial charge in [0.2, 0.25) is 5.91 Å². The highest BCUT2D eigenvalue weighted by Crippen LogP contribution is 2.19. The topological polar surface area (TPSA) is 49.3 Å². The van der Waals surface area contributed by atoms with Crippen molar-refractivity contribution in [3.8, 4) is 0 Å². The molecular formula is C14H21NO2S. The Kier molecular flexibility index (Phi) is 5.23. The quantitative estimate of drug-likeness (QED) is 0.824. The van der Waals surface area contributed by atoms with Gasteiger partial charge in [0.05, 0.1) is 6.10 Å². The first-order valence-corrected chi connectivity index (χ1v) is 7.17. The minimum Gasteiger partial charge on any atom is -0.387 e. The van der Waals surface area contributed by atoms with Crippen molar-refractivity contribution >= 4 is 17.7 Å². The standard InChI is InChI=1S/C14H21NO2S/c1-14(2,3)13(17)15-9-12(16)10-5-7-11(18-4)8-6-10/h5-8,12,16H,9H2,1-4H3,(H,15,17)/t12-/m0/s1. The van der Waals surface area contributed by atoms with Gasteiger partial charge in [-0.15, -0.1) is 11.8 Å². The van der Waals surface area contributed by atoms with Crippen molar-refractivity contribution in [2.75, 3.05) is 12.8 Å². The molecule has 1 aromatic rings. The molecule has 4 heteroatoms. The second-order valence-corrected chi connectivity index (χ2v) is 6.13. The Labute approximate surface area is 113 Å². The van der Waals surface area contributed by atoms with Crippen LogP contribution in [0.15, 0.2) is 29.2 Å². The van der Waals surface area contributed by atoms with E-state index in [9.17, 15) is 9.90 Å². The Hall–Kier alpha value is -1.00. The molecule has 0 radical (unpaired) electrons. The van der Waals surface area contributed by atoms with Gasteiger partial charge in [-0.05, 0) is 24.0 Å². The summed E-state index contributed by atoms with van der Waals surface area (Å²) in [5, 5.41) is 12.7. The molecule has 3 nitrogen and oxygen atoms in total. The third-order valence-electron chi connectivity index (χ3n) is 2.64. The summed E-state index contributed by atoms with van der Waals surface area (Å²) in [4.78, 5) is 12.8. The van der Waals surface area contributed by atoms with Crippen molar-refractivity contribution < 1.29 is 9.90 Å². The van der Waals surface area contributed by atoms with Gasteiger partial charge in [-0.2, -0.15) is 0 Å². The van der Waals surface area contributed by atoms with Crippen molar-refractivity contribution in [1.82, 2.24) is 5.32 Å². The van der Waals surface area contributed by atoms with Gasteiger partial charge in [0.15, 0.2) is 0 Å². The summed E-state index contributed by atoms with van der Waals surface area (Å²) in [5.41, 5.74) is 0.393. The minimum absolute atomic E-state index is 0.0534. The summed E-state index contributed by atoms with van der Waals surface area (Å²) in [7, 11) is 0. The summed E-state index contributed by atoms with van der Waals surface area (Å²) in [6.07, 6.45) is 1.35. The number of hydrogen-bond donors (Lipinski definition) is 2. The highest BCUT2D eigenvalue weighted by molar-refractivity contribution is 7.98. The number of aliphatic hydroxyl groups is 1. The van der Waals surface area contributed by atoms with E-state index in [-0.39, 0.29) is 12.5 Å². The fourth-order valence-electron chi connectivity index (χ4n) is 1.40. The zero-order valence-corrected chi connectivity index (χ0v) is 12.2. The van der Waals surface area contributed by atoms with E-state index in [2.05, 4.69) is 5.32 Å². The van der Waals surface area contributed by atoms with Gasteiger partial charge in [0.25, 0.3) is 0 Å². The molecule has 1 aromatic carbocycles. The monoisotopic (exact) mass is 267 g/mol. The summed E-state index contributed by atoms with van der Waals surface area (Å²) in [6.45, 7) is 5.79. The second-order valence-electron chi connectivity index (χ2n) is 5.25. The molecule has 1 rings (SSSR count). The maximum Gasteiger partial charge on any atom is 0.225 e. The first-order valence-electron chi connectivity index (χ1n) is 5.95. The van der Waals surface area contributed by atoms with E-state index in [1.165, 1.54) is 0 Å². The predicted octanol–water partition coefficient (Wildman–Crippen LogP) is 2.60. The van der Waals surface area contributed by atoms with Gasteiger partial charge in [0.1, 0.15) is 0 Å². The number of benzene rings is 1. The second kappa shape index (κ2) is 6.25. The smallest absolute Gasteiger partial charge is 0.225 e. The van der Waals surface area contributed by atoms with E-state index >= 15 is 0 Å². The maximum absolute atomic E-state index is 11.7. The molecule has 0 saturated carbocycles. The zero-order chi connectivity index (χ0) is 13.8. The van der Waals surface area contributed by atoms with E-state index in [1.54, 1.807) is 11.8 Å². The van der Waals surface area contributed by atoms with Crippen LogP contribution in [0.5, 0.6) is 0 Å². The summed E-state index contributed by atoms with van der Waals surface area (Å²) in [6, 6.07) is 7.71. The van der Waals surface area contributed by atoms with Crippen LogP contribution >= 0.6 is 11.8 Å². The first kappa shape index (κ1) is 15.1. The molecule has 0 fully saturated rings. The van der Waals surface area contributed by atoms with Crippen molar-refractivity contribution in [2.24, 2.45) is 5.41 Å². The van der Waals surface area contributed by atoms with Crippen LogP contribution in [0.25, 0.3) is 0 Å². The molecule has 0 bridgehead atoms. The van der Waals surface area contributed by atoms with Crippen LogP contribution in [-0.2, 0) is 4.79 Å². The maximum atomic E-state index is 11.7. The molecule has 0 unspecified atom stereocenters. The normalized spacial score (nSPS) is 13.2. The van der Waals surface area contributed by atoms with Gasteiger partial charge in [0, 0.05) is 16.9 Å². The van der Waals surface area contributed by atoms with Crippen molar-refractivity contribution in [1.29, 1.82) is 0 Å². The molecule has 0 aliphatic heterocycles. The van der Waals surface area contributed by atoms with Crippen LogP contribution in [-0.4, -0.2) is 23.8 Å². The number of hydrogen-bond acceptors (Lipinski definition) is 3. The predicted molar refractivity (Wildman–Crippen MR) is 75.6 cm³/mol. The third-order valence-corrected chi connectivity index (χ3v) is 3.38. The van der Waals surface area contributed by atoms with Crippen LogP contribution in [0.1, 0.15) is 32.4 Å². The summed E-state index contributed by atoms with van der Waals surface area (Å²) < 4.78 is 0. The fourth-order valence-corrected chi connectivity index (χ4v) is 1.81. The molecule has 2 N–H and O–H groups in total. The number of carbonyl (C=O) groups excluding carboxylic acids is 1. The first-order chi connectivity index (χ1) is 8.34. The Morgan fingerprint density at radius 3 is 2.33 bits per heavy atom. The molecule has 0 heterocycles. The van der Waals surface area contributed by atoms with Gasteiger partial charge in [-0.3, -0.25) is 4.79 Å². The third kappa shape index (κ3) is 4.35. The minimum atomic E-state index is -0.660. The Balaban J connectivity index is 2.55. The van der Waals surface area contributed by atoms with Crippen LogP contribution in [0.4, 0.5) is 0 Å². The van der Waals surface area contributed by atoms with E-state index in [1.807, 2.05) is 51.3 Å². The molecule has 0 spiro atoms. The van der Waals surface area contributed by atoms with Crippen LogP contribution in [0, 0.1) is 5.41 Å². The van der Waals surface area contributed by atoms with Gasteiger partial charge < -0.3 is 10.4 Å². The van der Waals surface area contributed by atoms with Crippen LogP contribution in [0.3, 0.4) is 0 Å². The van der Waals surface area contributed by atoms with E-state index in [0.29, 0.717) is 0 Å². The van der Waals surface area contributed by atoms with E-state index in [0.717, 1.165) is 10.5 Å². The number of rotatable bonds is 4. The highest BCUT2D eigenvalue weighted by Gasteiger charge is 2.21.